The van der Waals surface area contributed by atoms with Gasteiger partial charge in [0, 0.05) is 12.6 Å². The fourth-order valence-electron chi connectivity index (χ4n) is 1.83. The van der Waals surface area contributed by atoms with Crippen molar-refractivity contribution in [3.8, 4) is 5.75 Å². The molecule has 2 N–H and O–H groups in total. The van der Waals surface area contributed by atoms with Gasteiger partial charge in [0.05, 0.1) is 22.0 Å². The molecule has 0 spiro atoms. The van der Waals surface area contributed by atoms with Crippen LogP contribution in [0.5, 0.6) is 5.75 Å². The average Bonchev–Trinajstić information content (AvgIpc) is 3.17. The van der Waals surface area contributed by atoms with E-state index in [1.807, 2.05) is 19.2 Å². The molecule has 1 aromatic carbocycles. The van der Waals surface area contributed by atoms with Crippen molar-refractivity contribution in [1.82, 2.24) is 10.6 Å². The molecule has 1 aliphatic rings. The maximum atomic E-state index is 11.6. The van der Waals surface area contributed by atoms with Crippen molar-refractivity contribution in [2.75, 3.05) is 13.7 Å². The van der Waals surface area contributed by atoms with E-state index in [1.54, 1.807) is 0 Å². The molecule has 1 aliphatic carbocycles. The number of benzene rings is 1. The summed E-state index contributed by atoms with van der Waals surface area (Å²) in [7, 11) is 1.91. The molecular formula is C14H18Br2N2O2. The topological polar surface area (TPSA) is 50.4 Å². The summed E-state index contributed by atoms with van der Waals surface area (Å²) >= 11 is 7.00. The van der Waals surface area contributed by atoms with Crippen LogP contribution in [0.4, 0.5) is 0 Å². The molecule has 0 bridgehead atoms. The molecule has 0 unspecified atom stereocenters. The highest BCUT2D eigenvalue weighted by Gasteiger charge is 2.23. The van der Waals surface area contributed by atoms with Crippen LogP contribution in [0.15, 0.2) is 21.1 Å². The molecule has 0 aliphatic heterocycles. The van der Waals surface area contributed by atoms with Gasteiger partial charge in [-0.3, -0.25) is 4.79 Å². The van der Waals surface area contributed by atoms with Gasteiger partial charge in [-0.2, -0.15) is 0 Å². The van der Waals surface area contributed by atoms with Crippen molar-refractivity contribution in [2.24, 2.45) is 0 Å². The number of carbonyl (C=O) groups excluding carboxylic acids is 1. The predicted octanol–water partition coefficient (Wildman–Crippen LogP) is 2.98. The molecule has 0 radical (unpaired) electrons. The van der Waals surface area contributed by atoms with Gasteiger partial charge in [-0.05, 0) is 69.4 Å². The van der Waals surface area contributed by atoms with Crippen LogP contribution in [-0.4, -0.2) is 25.6 Å². The molecule has 20 heavy (non-hydrogen) atoms. The van der Waals surface area contributed by atoms with E-state index in [4.69, 9.17) is 4.74 Å². The van der Waals surface area contributed by atoms with Crippen LogP contribution in [-0.2, 0) is 11.3 Å². The lowest BCUT2D eigenvalue weighted by atomic mass is 10.2. The lowest BCUT2D eigenvalue weighted by Gasteiger charge is -2.12. The first-order valence-corrected chi connectivity index (χ1v) is 8.23. The van der Waals surface area contributed by atoms with Crippen molar-refractivity contribution < 1.29 is 9.53 Å². The molecule has 110 valence electrons. The molecule has 1 aromatic rings. The van der Waals surface area contributed by atoms with Crippen LogP contribution in [0, 0.1) is 0 Å². The van der Waals surface area contributed by atoms with Gasteiger partial charge in [0.25, 0.3) is 0 Å². The predicted molar refractivity (Wildman–Crippen MR) is 85.9 cm³/mol. The number of ether oxygens (including phenoxy) is 1. The minimum absolute atomic E-state index is 0.0616. The first-order valence-electron chi connectivity index (χ1n) is 6.65. The Morgan fingerprint density at radius 1 is 1.35 bits per heavy atom. The Labute approximate surface area is 135 Å². The molecule has 1 amide bonds. The van der Waals surface area contributed by atoms with Gasteiger partial charge in [-0.1, -0.05) is 0 Å². The number of rotatable bonds is 7. The number of nitrogens with one attached hydrogen (secondary N) is 2. The summed E-state index contributed by atoms with van der Waals surface area (Å²) in [5.41, 5.74) is 1.16. The molecule has 0 atom stereocenters. The number of hydrogen-bond acceptors (Lipinski definition) is 3. The first-order chi connectivity index (χ1) is 9.60. The van der Waals surface area contributed by atoms with Crippen LogP contribution < -0.4 is 15.4 Å². The van der Waals surface area contributed by atoms with Crippen molar-refractivity contribution in [3.05, 3.63) is 26.6 Å². The van der Waals surface area contributed by atoms with Gasteiger partial charge >= 0.3 is 0 Å². The highest BCUT2D eigenvalue weighted by Crippen LogP contribution is 2.34. The zero-order valence-corrected chi connectivity index (χ0v) is 14.5. The van der Waals surface area contributed by atoms with E-state index >= 15 is 0 Å². The third-order valence-electron chi connectivity index (χ3n) is 2.96. The molecule has 2 rings (SSSR count). The molecule has 0 saturated heterocycles. The third-order valence-corrected chi connectivity index (χ3v) is 4.14. The van der Waals surface area contributed by atoms with Crippen molar-refractivity contribution in [2.45, 2.75) is 31.8 Å². The summed E-state index contributed by atoms with van der Waals surface area (Å²) in [6, 6.07) is 4.43. The highest BCUT2D eigenvalue weighted by atomic mass is 79.9. The van der Waals surface area contributed by atoms with Crippen molar-refractivity contribution in [3.63, 3.8) is 0 Å². The average molecular weight is 406 g/mol. The van der Waals surface area contributed by atoms with Gasteiger partial charge in [-0.25, -0.2) is 0 Å². The maximum absolute atomic E-state index is 11.6. The van der Waals surface area contributed by atoms with Gasteiger partial charge in [-0.15, -0.1) is 0 Å². The second-order valence-corrected chi connectivity index (χ2v) is 6.57. The van der Waals surface area contributed by atoms with E-state index in [9.17, 15) is 4.79 Å². The summed E-state index contributed by atoms with van der Waals surface area (Å²) in [4.78, 5) is 11.6. The van der Waals surface area contributed by atoms with E-state index in [0.717, 1.165) is 39.6 Å². The molecular weight excluding hydrogens is 388 g/mol. The molecule has 6 heteroatoms. The van der Waals surface area contributed by atoms with Crippen LogP contribution in [0.3, 0.4) is 0 Å². The van der Waals surface area contributed by atoms with E-state index in [1.165, 1.54) is 0 Å². The number of hydrogen-bond donors (Lipinski definition) is 2. The quantitative estimate of drug-likeness (QED) is 0.733. The minimum Gasteiger partial charge on any atom is -0.491 e. The van der Waals surface area contributed by atoms with Crippen molar-refractivity contribution >= 4 is 37.8 Å². The minimum atomic E-state index is 0.0616. The fourth-order valence-corrected chi connectivity index (χ4v) is 3.34. The lowest BCUT2D eigenvalue weighted by Crippen LogP contribution is -2.26. The number of halogens is 2. The lowest BCUT2D eigenvalue weighted by molar-refractivity contribution is -0.121. The fraction of sp³-hybridized carbons (Fsp3) is 0.500. The summed E-state index contributed by atoms with van der Waals surface area (Å²) in [5.74, 6) is 0.802. The standard InChI is InChI=1S/C14H18Br2N2O2/c1-17-8-9-6-11(15)14(12(16)7-9)20-5-4-13(19)18-10-2-3-10/h6-7,10,17H,2-5,8H2,1H3,(H,18,19). The van der Waals surface area contributed by atoms with E-state index in [-0.39, 0.29) is 5.91 Å². The Morgan fingerprint density at radius 3 is 2.55 bits per heavy atom. The number of carbonyl (C=O) groups is 1. The molecule has 4 nitrogen and oxygen atoms in total. The van der Waals surface area contributed by atoms with Gasteiger partial charge in [0.1, 0.15) is 5.75 Å². The summed E-state index contributed by atoms with van der Waals surface area (Å²) in [6.45, 7) is 1.17. The zero-order chi connectivity index (χ0) is 14.5. The van der Waals surface area contributed by atoms with Crippen molar-refractivity contribution in [1.29, 1.82) is 0 Å². The van der Waals surface area contributed by atoms with Crippen LogP contribution in [0.1, 0.15) is 24.8 Å². The Balaban J connectivity index is 1.86. The largest absolute Gasteiger partial charge is 0.491 e. The monoisotopic (exact) mass is 404 g/mol. The summed E-state index contributed by atoms with van der Waals surface area (Å²) in [6.07, 6.45) is 2.60. The first kappa shape index (κ1) is 15.8. The number of amides is 1. The zero-order valence-electron chi connectivity index (χ0n) is 11.3. The van der Waals surface area contributed by atoms with Gasteiger partial charge in [0.2, 0.25) is 5.91 Å². The molecule has 1 saturated carbocycles. The molecule has 1 fully saturated rings. The van der Waals surface area contributed by atoms with E-state index in [2.05, 4.69) is 42.5 Å². The molecule has 0 heterocycles. The Bertz CT molecular complexity index is 467. The summed E-state index contributed by atoms with van der Waals surface area (Å²) < 4.78 is 7.48. The van der Waals surface area contributed by atoms with E-state index < -0.39 is 0 Å². The summed E-state index contributed by atoms with van der Waals surface area (Å²) in [5, 5.41) is 6.05. The maximum Gasteiger partial charge on any atom is 0.223 e. The SMILES string of the molecule is CNCc1cc(Br)c(OCCC(=O)NC2CC2)c(Br)c1. The second kappa shape index (κ2) is 7.43. The molecule has 0 aromatic heterocycles. The van der Waals surface area contributed by atoms with Crippen LogP contribution in [0.2, 0.25) is 0 Å². The third kappa shape index (κ3) is 4.75. The Hall–Kier alpha value is -0.590. The normalized spacial score (nSPS) is 14.2. The van der Waals surface area contributed by atoms with Crippen LogP contribution >= 0.6 is 31.9 Å². The van der Waals surface area contributed by atoms with Crippen LogP contribution in [0.25, 0.3) is 0 Å². The van der Waals surface area contributed by atoms with Gasteiger partial charge in [0.15, 0.2) is 0 Å². The Morgan fingerprint density at radius 2 is 2.00 bits per heavy atom. The smallest absolute Gasteiger partial charge is 0.223 e. The highest BCUT2D eigenvalue weighted by molar-refractivity contribution is 9.11. The van der Waals surface area contributed by atoms with E-state index in [0.29, 0.717) is 19.1 Å². The Kier molecular flexibility index (Phi) is 5.86. The second-order valence-electron chi connectivity index (χ2n) is 4.86. The van der Waals surface area contributed by atoms with Gasteiger partial charge < -0.3 is 15.4 Å².